The zero-order valence-corrected chi connectivity index (χ0v) is 15.4. The lowest BCUT2D eigenvalue weighted by Crippen LogP contribution is -2.15. The lowest BCUT2D eigenvalue weighted by molar-refractivity contribution is 0.648. The van der Waals surface area contributed by atoms with E-state index in [1.54, 1.807) is 21.5 Å². The van der Waals surface area contributed by atoms with E-state index in [4.69, 9.17) is 0 Å². The van der Waals surface area contributed by atoms with E-state index in [1.165, 1.54) is 38.5 Å². The van der Waals surface area contributed by atoms with Gasteiger partial charge in [0.1, 0.15) is 0 Å². The first-order chi connectivity index (χ1) is 10.2. The third-order valence-electron chi connectivity index (χ3n) is 4.71. The second kappa shape index (κ2) is 8.38. The van der Waals surface area contributed by atoms with E-state index in [9.17, 15) is 0 Å². The Morgan fingerprint density at radius 1 is 1.10 bits per heavy atom. The van der Waals surface area contributed by atoms with Gasteiger partial charge in [-0.1, -0.05) is 86.0 Å². The Balaban J connectivity index is 2.04. The Hall–Kier alpha value is -1.08. The van der Waals surface area contributed by atoms with Crippen molar-refractivity contribution in [1.29, 1.82) is 0 Å². The molecular formula is C20H30Si. The van der Waals surface area contributed by atoms with Crippen LogP contribution in [-0.4, -0.2) is 9.52 Å². The molecule has 0 saturated heterocycles. The highest BCUT2D eigenvalue weighted by atomic mass is 28.2. The Bertz CT molecular complexity index is 496. The van der Waals surface area contributed by atoms with E-state index in [0.717, 1.165) is 5.92 Å². The minimum absolute atomic E-state index is 0.247. The lowest BCUT2D eigenvalue weighted by Gasteiger charge is -2.12. The predicted molar refractivity (Wildman–Crippen MR) is 97.9 cm³/mol. The minimum Gasteiger partial charge on any atom is -0.0783 e. The molecule has 0 radical (unpaired) electrons. The van der Waals surface area contributed by atoms with Crippen LogP contribution in [0.1, 0.15) is 59.3 Å². The summed E-state index contributed by atoms with van der Waals surface area (Å²) in [6, 6.07) is 11.1. The SMILES string of the molecule is CCCCCC1=C(C(C)CC)C=C([SiH2]c2ccccc2)C1. The summed E-state index contributed by atoms with van der Waals surface area (Å²) in [7, 11) is -0.247. The normalized spacial score (nSPS) is 16.8. The third-order valence-corrected chi connectivity index (χ3v) is 6.50. The molecule has 1 atom stereocenters. The van der Waals surface area contributed by atoms with E-state index in [-0.39, 0.29) is 9.52 Å². The summed E-state index contributed by atoms with van der Waals surface area (Å²) in [5.74, 6) is 0.740. The first kappa shape index (κ1) is 16.3. The van der Waals surface area contributed by atoms with Crippen LogP contribution in [0.5, 0.6) is 0 Å². The zero-order valence-electron chi connectivity index (χ0n) is 14.0. The van der Waals surface area contributed by atoms with E-state index < -0.39 is 0 Å². The summed E-state index contributed by atoms with van der Waals surface area (Å²) >= 11 is 0. The van der Waals surface area contributed by atoms with Gasteiger partial charge in [0.05, 0.1) is 9.52 Å². The van der Waals surface area contributed by atoms with Gasteiger partial charge in [-0.3, -0.25) is 0 Å². The first-order valence-corrected chi connectivity index (χ1v) is 10.1. The summed E-state index contributed by atoms with van der Waals surface area (Å²) in [6.45, 7) is 7.02. The maximum absolute atomic E-state index is 2.58. The zero-order chi connectivity index (χ0) is 15.1. The molecule has 0 spiro atoms. The number of benzene rings is 1. The van der Waals surface area contributed by atoms with Crippen molar-refractivity contribution in [2.24, 2.45) is 5.92 Å². The van der Waals surface area contributed by atoms with E-state index in [0.29, 0.717) is 0 Å². The molecule has 0 amide bonds. The molecule has 1 unspecified atom stereocenters. The summed E-state index contributed by atoms with van der Waals surface area (Å²) in [4.78, 5) is 0. The highest BCUT2D eigenvalue weighted by Crippen LogP contribution is 2.34. The number of allylic oxidation sites excluding steroid dienone is 4. The molecule has 1 aliphatic rings. The molecule has 0 bridgehead atoms. The van der Waals surface area contributed by atoms with Crippen molar-refractivity contribution in [2.45, 2.75) is 59.3 Å². The van der Waals surface area contributed by atoms with Gasteiger partial charge in [0.15, 0.2) is 0 Å². The molecule has 0 saturated carbocycles. The van der Waals surface area contributed by atoms with Gasteiger partial charge in [-0.25, -0.2) is 0 Å². The van der Waals surface area contributed by atoms with Gasteiger partial charge in [-0.15, -0.1) is 0 Å². The highest BCUT2D eigenvalue weighted by molar-refractivity contribution is 6.61. The number of unbranched alkanes of at least 4 members (excludes halogenated alkanes) is 2. The topological polar surface area (TPSA) is 0 Å². The second-order valence-electron chi connectivity index (χ2n) is 6.47. The molecule has 1 heteroatoms. The quantitative estimate of drug-likeness (QED) is 0.482. The second-order valence-corrected chi connectivity index (χ2v) is 8.55. The molecule has 0 fully saturated rings. The van der Waals surface area contributed by atoms with Crippen molar-refractivity contribution in [2.75, 3.05) is 0 Å². The summed E-state index contributed by atoms with van der Waals surface area (Å²) < 4.78 is 0. The van der Waals surface area contributed by atoms with Crippen molar-refractivity contribution in [1.82, 2.24) is 0 Å². The third kappa shape index (κ3) is 4.71. The van der Waals surface area contributed by atoms with Crippen LogP contribution in [-0.2, 0) is 0 Å². The Labute approximate surface area is 133 Å². The molecule has 21 heavy (non-hydrogen) atoms. The summed E-state index contributed by atoms with van der Waals surface area (Å²) in [5.41, 5.74) is 3.45. The van der Waals surface area contributed by atoms with E-state index >= 15 is 0 Å². The smallest absolute Gasteiger partial charge is 0.0783 e. The lowest BCUT2D eigenvalue weighted by atomic mass is 9.93. The minimum atomic E-state index is -0.247. The molecule has 2 rings (SSSR count). The van der Waals surface area contributed by atoms with Crippen LogP contribution >= 0.6 is 0 Å². The Morgan fingerprint density at radius 2 is 1.86 bits per heavy atom. The summed E-state index contributed by atoms with van der Waals surface area (Å²) in [5, 5.41) is 3.34. The van der Waals surface area contributed by atoms with Crippen molar-refractivity contribution in [3.05, 3.63) is 52.8 Å². The van der Waals surface area contributed by atoms with E-state index in [2.05, 4.69) is 57.2 Å². The van der Waals surface area contributed by atoms with Gasteiger partial charge in [-0.05, 0) is 37.2 Å². The fraction of sp³-hybridized carbons (Fsp3) is 0.500. The highest BCUT2D eigenvalue weighted by Gasteiger charge is 2.19. The monoisotopic (exact) mass is 298 g/mol. The van der Waals surface area contributed by atoms with Crippen LogP contribution in [0.4, 0.5) is 0 Å². The van der Waals surface area contributed by atoms with Gasteiger partial charge in [0.25, 0.3) is 0 Å². The Morgan fingerprint density at radius 3 is 2.52 bits per heavy atom. The van der Waals surface area contributed by atoms with Crippen LogP contribution in [0, 0.1) is 5.92 Å². The van der Waals surface area contributed by atoms with Crippen LogP contribution < -0.4 is 5.19 Å². The molecule has 1 aromatic carbocycles. The largest absolute Gasteiger partial charge is 0.0828 e. The molecule has 0 N–H and O–H groups in total. The summed E-state index contributed by atoms with van der Waals surface area (Å²) in [6.07, 6.45) is 10.5. The maximum atomic E-state index is 2.58. The fourth-order valence-corrected chi connectivity index (χ4v) is 5.03. The van der Waals surface area contributed by atoms with Crippen molar-refractivity contribution in [3.8, 4) is 0 Å². The van der Waals surface area contributed by atoms with Gasteiger partial charge in [0.2, 0.25) is 0 Å². The average molecular weight is 299 g/mol. The molecule has 0 aliphatic heterocycles. The van der Waals surface area contributed by atoms with Crippen molar-refractivity contribution in [3.63, 3.8) is 0 Å². The standard InChI is InChI=1S/C20H30Si/c1-4-6-8-11-17-14-19(15-20(17)16(3)5-2)21-18-12-9-7-10-13-18/h7,9-10,12-13,15-16H,4-6,8,11,14,21H2,1-3H3. The van der Waals surface area contributed by atoms with Crippen molar-refractivity contribution < 1.29 is 0 Å². The number of hydrogen-bond acceptors (Lipinski definition) is 0. The fourth-order valence-electron chi connectivity index (χ4n) is 3.25. The molecule has 0 aromatic heterocycles. The van der Waals surface area contributed by atoms with Gasteiger partial charge in [0, 0.05) is 0 Å². The molecular weight excluding hydrogens is 268 g/mol. The van der Waals surface area contributed by atoms with Crippen molar-refractivity contribution >= 4 is 14.7 Å². The molecule has 114 valence electrons. The average Bonchev–Trinajstić information content (AvgIpc) is 2.90. The van der Waals surface area contributed by atoms with Crippen LogP contribution in [0.3, 0.4) is 0 Å². The molecule has 1 aromatic rings. The van der Waals surface area contributed by atoms with Gasteiger partial charge >= 0.3 is 0 Å². The van der Waals surface area contributed by atoms with Gasteiger partial charge in [-0.2, -0.15) is 0 Å². The number of hydrogen-bond donors (Lipinski definition) is 0. The first-order valence-electron chi connectivity index (χ1n) is 8.69. The van der Waals surface area contributed by atoms with E-state index in [1.807, 2.05) is 0 Å². The van der Waals surface area contributed by atoms with Crippen LogP contribution in [0.25, 0.3) is 0 Å². The van der Waals surface area contributed by atoms with Crippen LogP contribution in [0.2, 0.25) is 0 Å². The number of rotatable bonds is 8. The Kier molecular flexibility index (Phi) is 6.50. The molecule has 0 heterocycles. The van der Waals surface area contributed by atoms with Gasteiger partial charge < -0.3 is 0 Å². The predicted octanol–water partition coefficient (Wildman–Crippen LogP) is 4.69. The molecule has 0 nitrogen and oxygen atoms in total. The van der Waals surface area contributed by atoms with Crippen LogP contribution in [0.15, 0.2) is 52.8 Å². The maximum Gasteiger partial charge on any atom is 0.0828 e. The molecule has 1 aliphatic carbocycles.